The maximum Gasteiger partial charge on any atom is 0.396 e. The molecule has 0 rings (SSSR count). The van der Waals surface area contributed by atoms with Crippen molar-refractivity contribution in [1.29, 1.82) is 0 Å². The number of hydrogen-bond acceptors (Lipinski definition) is 2. The minimum Gasteiger partial charge on any atom is -0.475 e. The van der Waals surface area contributed by atoms with Crippen molar-refractivity contribution in [3.63, 3.8) is 0 Å². The van der Waals surface area contributed by atoms with Gasteiger partial charge in [-0.3, -0.25) is 9.64 Å². The largest absolute Gasteiger partial charge is 0.475 e. The molecule has 1 N–H and O–H groups in total. The van der Waals surface area contributed by atoms with Gasteiger partial charge < -0.3 is 5.11 Å². The first kappa shape index (κ1) is 7.63. The molecule has 1 atom stereocenters. The van der Waals surface area contributed by atoms with Gasteiger partial charge in [-0.05, 0) is 0 Å². The van der Waals surface area contributed by atoms with Crippen LogP contribution >= 0.6 is 0 Å². The van der Waals surface area contributed by atoms with Crippen LogP contribution in [-0.2, 0) is 9.59 Å². The van der Waals surface area contributed by atoms with E-state index < -0.39 is 17.8 Å². The number of hydrogen-bond donors (Lipinski definition) is 1. The lowest BCUT2D eigenvalue weighted by Gasteiger charge is -1.90. The molecule has 0 bridgehead atoms. The zero-order valence-electron chi connectivity index (χ0n) is 4.79. The van der Waals surface area contributed by atoms with Crippen LogP contribution in [0.2, 0.25) is 0 Å². The van der Waals surface area contributed by atoms with Crippen LogP contribution in [0.5, 0.6) is 0 Å². The van der Waals surface area contributed by atoms with Gasteiger partial charge in [0.05, 0.1) is 0 Å². The second-order valence-corrected chi connectivity index (χ2v) is 1.48. The third-order valence-electron chi connectivity index (χ3n) is 0.748. The van der Waals surface area contributed by atoms with Gasteiger partial charge in [0.2, 0.25) is 5.78 Å². The number of carbonyl (C=O) groups is 2. The van der Waals surface area contributed by atoms with Crippen molar-refractivity contribution < 1.29 is 14.7 Å². The van der Waals surface area contributed by atoms with Gasteiger partial charge in [0, 0.05) is 6.92 Å². The van der Waals surface area contributed by atoms with Crippen LogP contribution in [0, 0.1) is 6.57 Å². The lowest BCUT2D eigenvalue weighted by molar-refractivity contribution is -0.140. The van der Waals surface area contributed by atoms with Crippen LogP contribution in [0.3, 0.4) is 0 Å². The average Bonchev–Trinajstić information content (AvgIpc) is 1.64. The van der Waals surface area contributed by atoms with Crippen LogP contribution in [0.15, 0.2) is 0 Å². The molecular weight excluding hydrogens is 122 g/mol. The van der Waals surface area contributed by atoms with Crippen molar-refractivity contribution in [2.45, 2.75) is 13.0 Å². The molecule has 0 heterocycles. The van der Waals surface area contributed by atoms with E-state index in [0.29, 0.717) is 0 Å². The Morgan fingerprint density at radius 3 is 2.11 bits per heavy atom. The number of rotatable bonds is 2. The van der Waals surface area contributed by atoms with Crippen LogP contribution in [0.4, 0.5) is 0 Å². The fourth-order valence-electron chi connectivity index (χ4n) is 0.320. The van der Waals surface area contributed by atoms with E-state index in [9.17, 15) is 9.59 Å². The Hall–Kier alpha value is -1.37. The van der Waals surface area contributed by atoms with E-state index in [1.165, 1.54) is 0 Å². The summed E-state index contributed by atoms with van der Waals surface area (Å²) in [6.45, 7) is 7.32. The first-order valence-electron chi connectivity index (χ1n) is 2.19. The highest BCUT2D eigenvalue weighted by Gasteiger charge is 2.27. The number of carboxylic acid groups (broad SMARTS) is 1. The average molecular weight is 127 g/mol. The molecule has 0 radical (unpaired) electrons. The van der Waals surface area contributed by atoms with Crippen molar-refractivity contribution in [3.05, 3.63) is 11.4 Å². The SMILES string of the molecule is [C-]#[N+]C(C(C)=O)C(=O)O. The molecule has 9 heavy (non-hydrogen) atoms. The molecule has 0 aromatic carbocycles. The van der Waals surface area contributed by atoms with Gasteiger partial charge >= 0.3 is 12.0 Å². The Labute approximate surface area is 51.9 Å². The maximum absolute atomic E-state index is 10.2. The van der Waals surface area contributed by atoms with Crippen LogP contribution < -0.4 is 0 Å². The molecule has 0 amide bonds. The van der Waals surface area contributed by atoms with Crippen LogP contribution in [0.25, 0.3) is 4.85 Å². The number of Topliss-reactive ketones (excluding diaryl/α,β-unsaturated/α-hetero) is 1. The number of carboxylic acids is 1. The molecule has 0 saturated carbocycles. The molecule has 4 heteroatoms. The quantitative estimate of drug-likeness (QED) is 0.418. The summed E-state index contributed by atoms with van der Waals surface area (Å²) in [7, 11) is 0. The summed E-state index contributed by atoms with van der Waals surface area (Å²) in [5.74, 6) is -2.00. The Morgan fingerprint density at radius 1 is 1.67 bits per heavy atom. The van der Waals surface area contributed by atoms with Gasteiger partial charge in [0.15, 0.2) is 0 Å². The van der Waals surface area contributed by atoms with Gasteiger partial charge in [0.1, 0.15) is 0 Å². The summed E-state index contributed by atoms with van der Waals surface area (Å²) in [6.07, 6.45) is 0. The number of nitrogens with zero attached hydrogens (tertiary/aromatic N) is 1. The monoisotopic (exact) mass is 127 g/mol. The molecule has 0 aliphatic carbocycles. The minimum absolute atomic E-state index is 0.627. The highest BCUT2D eigenvalue weighted by Crippen LogP contribution is 1.91. The topological polar surface area (TPSA) is 58.7 Å². The van der Waals surface area contributed by atoms with E-state index in [2.05, 4.69) is 4.85 Å². The van der Waals surface area contributed by atoms with Crippen molar-refractivity contribution in [3.8, 4) is 0 Å². The molecule has 1 unspecified atom stereocenters. The number of carbonyl (C=O) groups excluding carboxylic acids is 1. The van der Waals surface area contributed by atoms with Gasteiger partial charge in [-0.15, -0.1) is 0 Å². The summed E-state index contributed by atoms with van der Waals surface area (Å²) >= 11 is 0. The molecule has 4 nitrogen and oxygen atoms in total. The summed E-state index contributed by atoms with van der Waals surface area (Å²) < 4.78 is 0. The smallest absolute Gasteiger partial charge is 0.396 e. The van der Waals surface area contributed by atoms with Crippen LogP contribution in [0.1, 0.15) is 6.92 Å². The minimum atomic E-state index is -1.51. The van der Waals surface area contributed by atoms with E-state index in [1.807, 2.05) is 0 Å². The first-order valence-corrected chi connectivity index (χ1v) is 2.19. The first-order chi connectivity index (χ1) is 4.09. The molecule has 0 fully saturated rings. The summed E-state index contributed by atoms with van der Waals surface area (Å²) in [5.41, 5.74) is 0. The molecule has 0 saturated heterocycles. The highest BCUT2D eigenvalue weighted by atomic mass is 16.4. The Kier molecular flexibility index (Phi) is 2.39. The molecule has 0 aromatic rings. The Morgan fingerprint density at radius 2 is 2.11 bits per heavy atom. The molecule has 0 aliphatic rings. The summed E-state index contributed by atoms with van der Waals surface area (Å²) in [5, 5.41) is 8.11. The molecule has 0 aromatic heterocycles. The van der Waals surface area contributed by atoms with Crippen molar-refractivity contribution in [1.82, 2.24) is 0 Å². The number of aliphatic carboxylic acids is 1. The number of ketones is 1. The summed E-state index contributed by atoms with van der Waals surface area (Å²) in [4.78, 5) is 22.7. The predicted octanol–water partition coefficient (Wildman–Crippen LogP) is -0.0521. The van der Waals surface area contributed by atoms with E-state index in [4.69, 9.17) is 11.7 Å². The van der Waals surface area contributed by atoms with E-state index in [0.717, 1.165) is 6.92 Å². The zero-order chi connectivity index (χ0) is 7.44. The zero-order valence-corrected chi connectivity index (χ0v) is 4.79. The Bertz CT molecular complexity index is 165. The maximum atomic E-state index is 10.2. The van der Waals surface area contributed by atoms with Gasteiger partial charge in [-0.25, -0.2) is 11.4 Å². The van der Waals surface area contributed by atoms with E-state index >= 15 is 0 Å². The van der Waals surface area contributed by atoms with Crippen LogP contribution in [-0.4, -0.2) is 22.9 Å². The van der Waals surface area contributed by atoms with Gasteiger partial charge in [-0.2, -0.15) is 0 Å². The fourth-order valence-corrected chi connectivity index (χ4v) is 0.320. The highest BCUT2D eigenvalue weighted by molar-refractivity contribution is 6.02. The van der Waals surface area contributed by atoms with Gasteiger partial charge in [0.25, 0.3) is 0 Å². The fraction of sp³-hybridized carbons (Fsp3) is 0.400. The molecule has 0 spiro atoms. The van der Waals surface area contributed by atoms with E-state index in [-0.39, 0.29) is 0 Å². The standard InChI is InChI=1S/C5H5NO3/c1-3(7)4(6-2)5(8)9/h4H,1H3,(H,8,9). The lowest BCUT2D eigenvalue weighted by atomic mass is 10.2. The second kappa shape index (κ2) is 2.82. The Balaban J connectivity index is 4.22. The summed E-state index contributed by atoms with van der Waals surface area (Å²) in [6, 6.07) is -1.51. The normalized spacial score (nSPS) is 11.6. The van der Waals surface area contributed by atoms with Crippen molar-refractivity contribution >= 4 is 11.8 Å². The lowest BCUT2D eigenvalue weighted by Crippen LogP contribution is -2.23. The molecular formula is C5H5NO3. The molecule has 0 aliphatic heterocycles. The predicted molar refractivity (Wildman–Crippen MR) is 28.7 cm³/mol. The third kappa shape index (κ3) is 1.91. The third-order valence-corrected chi connectivity index (χ3v) is 0.748. The molecule has 48 valence electrons. The second-order valence-electron chi connectivity index (χ2n) is 1.48. The van der Waals surface area contributed by atoms with E-state index in [1.54, 1.807) is 0 Å². The van der Waals surface area contributed by atoms with Crippen molar-refractivity contribution in [2.75, 3.05) is 0 Å². The van der Waals surface area contributed by atoms with Crippen molar-refractivity contribution in [2.24, 2.45) is 0 Å². The van der Waals surface area contributed by atoms with Gasteiger partial charge in [-0.1, -0.05) is 0 Å².